The fourth-order valence-corrected chi connectivity index (χ4v) is 5.16. The van der Waals surface area contributed by atoms with E-state index in [2.05, 4.69) is 62.4 Å². The molecule has 0 atom stereocenters. The predicted octanol–water partition coefficient (Wildman–Crippen LogP) is 5.46. The predicted molar refractivity (Wildman–Crippen MR) is 161 cm³/mol. The number of fused-ring (bicyclic) bond motifs is 2. The zero-order valence-corrected chi connectivity index (χ0v) is 24.1. The molecule has 10 heteroatoms. The van der Waals surface area contributed by atoms with Crippen LogP contribution in [0, 0.1) is 0 Å². The Morgan fingerprint density at radius 3 is 2.31 bits per heavy atom. The first-order chi connectivity index (χ1) is 20.2. The number of esters is 1. The van der Waals surface area contributed by atoms with Crippen molar-refractivity contribution in [3.8, 4) is 22.4 Å². The highest BCUT2D eigenvalue weighted by Crippen LogP contribution is 2.32. The number of carbonyl (C=O) groups is 2. The highest BCUT2D eigenvalue weighted by molar-refractivity contribution is 5.96. The molecule has 0 aliphatic carbocycles. The van der Waals surface area contributed by atoms with Crippen molar-refractivity contribution >= 4 is 34.3 Å². The van der Waals surface area contributed by atoms with Crippen LogP contribution in [0.25, 0.3) is 38.9 Å². The van der Waals surface area contributed by atoms with E-state index in [1.54, 1.807) is 33.9 Å². The quantitative estimate of drug-likeness (QED) is 0.266. The topological polar surface area (TPSA) is 102 Å². The fourth-order valence-electron chi connectivity index (χ4n) is 5.16. The monoisotopic (exact) mass is 564 g/mol. The second kappa shape index (κ2) is 10.8. The van der Waals surface area contributed by atoms with Gasteiger partial charge in [-0.2, -0.15) is 5.10 Å². The van der Waals surface area contributed by atoms with Crippen LogP contribution in [0.5, 0.6) is 0 Å². The standard InChI is InChI=1S/C32H32N6O4/c1-32(2,3)42-31(40)37-17-15-36(16-18-37)23-8-5-21(6-9-23)22-7-10-24-25(13-14-33-27(24)19-22)28-20-34-29-12-11-26(30(39)41-4)35-38(28)29/h5-14,19-20H,15-18H2,1-4H3. The van der Waals surface area contributed by atoms with Crippen LogP contribution in [0.15, 0.2) is 73.1 Å². The van der Waals surface area contributed by atoms with Crippen molar-refractivity contribution in [2.45, 2.75) is 26.4 Å². The van der Waals surface area contributed by atoms with Gasteiger partial charge < -0.3 is 19.3 Å². The number of hydrogen-bond donors (Lipinski definition) is 0. The molecular formula is C32H32N6O4. The second-order valence-electron chi connectivity index (χ2n) is 11.2. The van der Waals surface area contributed by atoms with Gasteiger partial charge >= 0.3 is 12.1 Å². The molecule has 0 bridgehead atoms. The number of pyridine rings is 1. The minimum atomic E-state index is -0.505. The van der Waals surface area contributed by atoms with Crippen molar-refractivity contribution < 1.29 is 19.1 Å². The average Bonchev–Trinajstić information content (AvgIpc) is 3.42. The summed E-state index contributed by atoms with van der Waals surface area (Å²) in [7, 11) is 1.33. The van der Waals surface area contributed by atoms with Gasteiger partial charge in [0.25, 0.3) is 0 Å². The van der Waals surface area contributed by atoms with Gasteiger partial charge in [-0.15, -0.1) is 0 Å². The van der Waals surface area contributed by atoms with Gasteiger partial charge in [0.2, 0.25) is 0 Å². The molecule has 0 radical (unpaired) electrons. The second-order valence-corrected chi connectivity index (χ2v) is 11.2. The normalized spacial score (nSPS) is 13.9. The fraction of sp³-hybridized carbons (Fsp3) is 0.281. The molecule has 42 heavy (non-hydrogen) atoms. The molecule has 0 N–H and O–H groups in total. The van der Waals surface area contributed by atoms with E-state index < -0.39 is 11.6 Å². The number of hydrogen-bond acceptors (Lipinski definition) is 8. The molecule has 214 valence electrons. The van der Waals surface area contributed by atoms with E-state index in [0.29, 0.717) is 18.7 Å². The lowest BCUT2D eigenvalue weighted by atomic mass is 10.0. The van der Waals surface area contributed by atoms with Crippen molar-refractivity contribution in [2.24, 2.45) is 0 Å². The lowest BCUT2D eigenvalue weighted by molar-refractivity contribution is 0.0240. The maximum absolute atomic E-state index is 12.4. The van der Waals surface area contributed by atoms with Crippen LogP contribution in [0.1, 0.15) is 31.3 Å². The third-order valence-corrected chi connectivity index (χ3v) is 7.27. The number of methoxy groups -OCH3 is 1. The van der Waals surface area contributed by atoms with Crippen molar-refractivity contribution in [1.29, 1.82) is 0 Å². The summed E-state index contributed by atoms with van der Waals surface area (Å²) in [5.74, 6) is -0.505. The van der Waals surface area contributed by atoms with Crippen molar-refractivity contribution in [1.82, 2.24) is 24.5 Å². The molecule has 1 aliphatic heterocycles. The molecule has 1 fully saturated rings. The number of imidazole rings is 1. The van der Waals surface area contributed by atoms with E-state index >= 15 is 0 Å². The van der Waals surface area contributed by atoms with Gasteiger partial charge in [-0.3, -0.25) is 4.98 Å². The Morgan fingerprint density at radius 2 is 1.60 bits per heavy atom. The van der Waals surface area contributed by atoms with Crippen LogP contribution < -0.4 is 4.90 Å². The molecule has 1 saturated heterocycles. The van der Waals surface area contributed by atoms with Crippen molar-refractivity contribution in [2.75, 3.05) is 38.2 Å². The molecule has 6 rings (SSSR count). The molecule has 3 aromatic heterocycles. The molecule has 0 saturated carbocycles. The summed E-state index contributed by atoms with van der Waals surface area (Å²) in [5.41, 5.74) is 6.11. The van der Waals surface area contributed by atoms with Gasteiger partial charge in [0.05, 0.1) is 24.5 Å². The van der Waals surface area contributed by atoms with E-state index in [9.17, 15) is 9.59 Å². The van der Waals surface area contributed by atoms with Crippen LogP contribution >= 0.6 is 0 Å². The Kier molecular flexibility index (Phi) is 6.97. The minimum absolute atomic E-state index is 0.207. The van der Waals surface area contributed by atoms with Gasteiger partial charge in [0, 0.05) is 49.0 Å². The summed E-state index contributed by atoms with van der Waals surface area (Å²) in [6.07, 6.45) is 3.26. The third-order valence-electron chi connectivity index (χ3n) is 7.27. The van der Waals surface area contributed by atoms with E-state index in [1.165, 1.54) is 7.11 Å². The van der Waals surface area contributed by atoms with Gasteiger partial charge in [0.15, 0.2) is 11.3 Å². The number of anilines is 1. The Balaban J connectivity index is 1.21. The van der Waals surface area contributed by atoms with E-state index in [0.717, 1.165) is 52.1 Å². The molecule has 0 spiro atoms. The molecular weight excluding hydrogens is 532 g/mol. The summed E-state index contributed by atoms with van der Waals surface area (Å²) >= 11 is 0. The van der Waals surface area contributed by atoms with Crippen LogP contribution in [0.2, 0.25) is 0 Å². The summed E-state index contributed by atoms with van der Waals surface area (Å²) in [6.45, 7) is 8.41. The lowest BCUT2D eigenvalue weighted by Crippen LogP contribution is -2.50. The van der Waals surface area contributed by atoms with Crippen molar-refractivity contribution in [3.05, 3.63) is 78.8 Å². The van der Waals surface area contributed by atoms with Gasteiger partial charge in [0.1, 0.15) is 5.60 Å². The first kappa shape index (κ1) is 27.2. The largest absolute Gasteiger partial charge is 0.464 e. The Bertz CT molecular complexity index is 1780. The van der Waals surface area contributed by atoms with E-state index in [4.69, 9.17) is 9.47 Å². The van der Waals surface area contributed by atoms with Crippen LogP contribution in [0.4, 0.5) is 10.5 Å². The van der Waals surface area contributed by atoms with E-state index in [-0.39, 0.29) is 11.8 Å². The lowest BCUT2D eigenvalue weighted by Gasteiger charge is -2.36. The highest BCUT2D eigenvalue weighted by atomic mass is 16.6. The summed E-state index contributed by atoms with van der Waals surface area (Å²) < 4.78 is 12.0. The molecule has 2 aromatic carbocycles. The molecule has 0 unspecified atom stereocenters. The number of benzene rings is 2. The van der Waals surface area contributed by atoms with E-state index in [1.807, 2.05) is 26.8 Å². The van der Waals surface area contributed by atoms with Gasteiger partial charge in [-0.1, -0.05) is 24.3 Å². The Labute approximate surface area is 243 Å². The number of nitrogens with zero attached hydrogens (tertiary/aromatic N) is 6. The number of rotatable bonds is 4. The van der Waals surface area contributed by atoms with Gasteiger partial charge in [-0.25, -0.2) is 19.1 Å². The highest BCUT2D eigenvalue weighted by Gasteiger charge is 2.26. The van der Waals surface area contributed by atoms with Crippen LogP contribution in [0.3, 0.4) is 0 Å². The first-order valence-corrected chi connectivity index (χ1v) is 13.9. The van der Waals surface area contributed by atoms with Crippen LogP contribution in [-0.2, 0) is 9.47 Å². The zero-order valence-electron chi connectivity index (χ0n) is 24.1. The molecule has 10 nitrogen and oxygen atoms in total. The average molecular weight is 565 g/mol. The molecule has 4 heterocycles. The Morgan fingerprint density at radius 1 is 0.857 bits per heavy atom. The maximum Gasteiger partial charge on any atom is 0.410 e. The number of piperazine rings is 1. The van der Waals surface area contributed by atoms with Crippen LogP contribution in [-0.4, -0.2) is 75.4 Å². The maximum atomic E-state index is 12.4. The Hall–Kier alpha value is -4.99. The zero-order chi connectivity index (χ0) is 29.4. The third kappa shape index (κ3) is 5.35. The number of aromatic nitrogens is 4. The first-order valence-electron chi connectivity index (χ1n) is 13.9. The summed E-state index contributed by atoms with van der Waals surface area (Å²) in [5, 5.41) is 5.41. The molecule has 1 aliphatic rings. The summed E-state index contributed by atoms with van der Waals surface area (Å²) in [6, 6.07) is 20.0. The SMILES string of the molecule is COC(=O)c1ccc2ncc(-c3ccnc4cc(-c5ccc(N6CCN(C(=O)OC(C)(C)C)CC6)cc5)ccc34)n2n1. The van der Waals surface area contributed by atoms with Crippen molar-refractivity contribution in [3.63, 3.8) is 0 Å². The summed E-state index contributed by atoms with van der Waals surface area (Å²) in [4.78, 5) is 37.6. The smallest absolute Gasteiger partial charge is 0.410 e. The minimum Gasteiger partial charge on any atom is -0.464 e. The number of carbonyl (C=O) groups excluding carboxylic acids is 2. The molecule has 5 aromatic rings. The number of ether oxygens (including phenoxy) is 2. The molecule has 1 amide bonds. The van der Waals surface area contributed by atoms with Gasteiger partial charge in [-0.05, 0) is 68.3 Å². The number of amides is 1.